The van der Waals surface area contributed by atoms with E-state index in [0.29, 0.717) is 174 Å². The van der Waals surface area contributed by atoms with Crippen LogP contribution in [0, 0.1) is 18.3 Å². The second kappa shape index (κ2) is 23.1. The summed E-state index contributed by atoms with van der Waals surface area (Å²) in [5, 5.41) is 5.50. The molecule has 8 aliphatic heterocycles. The Morgan fingerprint density at radius 2 is 0.743 bits per heavy atom. The van der Waals surface area contributed by atoms with Gasteiger partial charge in [-0.05, 0) is 122 Å². The zero-order chi connectivity index (χ0) is 52.2. The molecule has 10 atom stereocenters. The Balaban J connectivity index is 0.808. The standard InChI is InChI=1S/C53H74N10O11/c1-3-23-54-44(64)36-13-5-24-56(36)46(66)38-15-7-26-58(38)48(68)40-17-9-28-60(40)50(70)42-19-11-30-62(42)52(72)43-20-12-31-63(43)51(71)41-18-10-29-61(41)49(69)39-16-8-27-59(39)47(67)37-14-6-25-57(37)45(65)34-21-22-35(33-34)55-53(73)74-32-4-2/h1,4,34-43H,2,5-33H2,(H,54,64)(H,55,73)/t34-,35-,36-,37-,38-,39-,40-,41-,42-,43-/m0/s1. The second-order valence-electron chi connectivity index (χ2n) is 21.7. The third kappa shape index (κ3) is 10.4. The van der Waals surface area contributed by atoms with Crippen LogP contribution in [0.1, 0.15) is 122 Å². The van der Waals surface area contributed by atoms with Crippen LogP contribution in [-0.4, -0.2) is 218 Å². The van der Waals surface area contributed by atoms with E-state index in [-0.39, 0.29) is 78.3 Å². The average Bonchev–Trinajstić information content (AvgIpc) is 4.27. The molecule has 0 radical (unpaired) electrons. The minimum Gasteiger partial charge on any atom is -0.445 e. The molecule has 21 nitrogen and oxygen atoms in total. The van der Waals surface area contributed by atoms with Crippen molar-refractivity contribution in [2.75, 3.05) is 65.5 Å². The van der Waals surface area contributed by atoms with Gasteiger partial charge >= 0.3 is 6.09 Å². The highest BCUT2D eigenvalue weighted by Gasteiger charge is 2.52. The van der Waals surface area contributed by atoms with Crippen molar-refractivity contribution < 1.29 is 52.7 Å². The van der Waals surface area contributed by atoms with Crippen molar-refractivity contribution in [1.29, 1.82) is 0 Å². The van der Waals surface area contributed by atoms with Gasteiger partial charge in [0.15, 0.2) is 0 Å². The summed E-state index contributed by atoms with van der Waals surface area (Å²) in [6.45, 7) is 6.56. The summed E-state index contributed by atoms with van der Waals surface area (Å²) in [5.74, 6) is -0.471. The van der Waals surface area contributed by atoms with E-state index in [4.69, 9.17) is 11.2 Å². The summed E-state index contributed by atoms with van der Waals surface area (Å²) in [4.78, 5) is 153. The van der Waals surface area contributed by atoms with Gasteiger partial charge in [0.05, 0.1) is 6.54 Å². The highest BCUT2D eigenvalue weighted by Crippen LogP contribution is 2.36. The summed E-state index contributed by atoms with van der Waals surface area (Å²) >= 11 is 0. The number of carbonyl (C=O) groups is 10. The molecule has 0 unspecified atom stereocenters. The molecule has 0 bridgehead atoms. The zero-order valence-corrected chi connectivity index (χ0v) is 42.7. The monoisotopic (exact) mass is 1030 g/mol. The number of nitrogens with one attached hydrogen (secondary N) is 2. The third-order valence-corrected chi connectivity index (χ3v) is 17.4. The number of hydrogen-bond acceptors (Lipinski definition) is 11. The van der Waals surface area contributed by atoms with Gasteiger partial charge in [-0.2, -0.15) is 0 Å². The molecule has 1 saturated carbocycles. The van der Waals surface area contributed by atoms with E-state index in [1.54, 1.807) is 39.2 Å². The predicted octanol–water partition coefficient (Wildman–Crippen LogP) is 0.745. The van der Waals surface area contributed by atoms with Crippen LogP contribution in [0.3, 0.4) is 0 Å². The molecule has 10 amide bonds. The highest BCUT2D eigenvalue weighted by molar-refractivity contribution is 5.99. The van der Waals surface area contributed by atoms with Gasteiger partial charge in [0.1, 0.15) is 54.9 Å². The number of ether oxygens (including phenoxy) is 1. The van der Waals surface area contributed by atoms with Crippen molar-refractivity contribution in [2.24, 2.45) is 5.92 Å². The summed E-state index contributed by atoms with van der Waals surface area (Å²) in [7, 11) is 0. The Morgan fingerprint density at radius 3 is 1.05 bits per heavy atom. The van der Waals surface area contributed by atoms with Crippen LogP contribution in [0.4, 0.5) is 4.79 Å². The second-order valence-corrected chi connectivity index (χ2v) is 21.7. The number of amides is 10. The number of alkyl carbamates (subject to hydrolysis) is 1. The van der Waals surface area contributed by atoms with Crippen molar-refractivity contribution >= 4 is 59.3 Å². The van der Waals surface area contributed by atoms with E-state index in [9.17, 15) is 47.9 Å². The highest BCUT2D eigenvalue weighted by atomic mass is 16.5. The Kier molecular flexibility index (Phi) is 16.5. The summed E-state index contributed by atoms with van der Waals surface area (Å²) in [6, 6.07) is -6.35. The van der Waals surface area contributed by atoms with Crippen molar-refractivity contribution in [2.45, 2.75) is 176 Å². The first-order chi connectivity index (χ1) is 35.8. The van der Waals surface area contributed by atoms with Gasteiger partial charge in [0, 0.05) is 64.3 Å². The van der Waals surface area contributed by atoms with Gasteiger partial charge in [0.25, 0.3) is 0 Å². The molecular weight excluding hydrogens is 953 g/mol. The normalized spacial score (nSPS) is 30.8. The van der Waals surface area contributed by atoms with Crippen LogP contribution in [0.25, 0.3) is 0 Å². The molecule has 0 spiro atoms. The molecule has 1 aliphatic carbocycles. The zero-order valence-electron chi connectivity index (χ0n) is 42.7. The number of hydrogen-bond donors (Lipinski definition) is 2. The summed E-state index contributed by atoms with van der Waals surface area (Å²) < 4.78 is 5.05. The molecule has 74 heavy (non-hydrogen) atoms. The van der Waals surface area contributed by atoms with Gasteiger partial charge in [-0.25, -0.2) is 4.79 Å². The van der Waals surface area contributed by atoms with Crippen LogP contribution >= 0.6 is 0 Å². The lowest BCUT2D eigenvalue weighted by atomic mass is 10.0. The Labute approximate surface area is 433 Å². The quantitative estimate of drug-likeness (QED) is 0.193. The Hall–Kier alpha value is -6.20. The van der Waals surface area contributed by atoms with Crippen LogP contribution in [0.5, 0.6) is 0 Å². The van der Waals surface area contributed by atoms with E-state index in [0.717, 1.165) is 0 Å². The smallest absolute Gasteiger partial charge is 0.407 e. The predicted molar refractivity (Wildman–Crippen MR) is 266 cm³/mol. The molecule has 0 aromatic carbocycles. The molecule has 0 aromatic heterocycles. The fourth-order valence-corrected chi connectivity index (χ4v) is 13.8. The third-order valence-electron chi connectivity index (χ3n) is 17.4. The minimum atomic E-state index is -0.823. The van der Waals surface area contributed by atoms with Crippen molar-refractivity contribution in [1.82, 2.24) is 49.8 Å². The number of rotatable bonds is 13. The molecule has 9 rings (SSSR count). The summed E-state index contributed by atoms with van der Waals surface area (Å²) in [6.07, 6.45) is 16.3. The lowest BCUT2D eigenvalue weighted by molar-refractivity contribution is -0.155. The van der Waals surface area contributed by atoms with Crippen LogP contribution < -0.4 is 10.6 Å². The topological polar surface area (TPSA) is 230 Å². The molecule has 402 valence electrons. The van der Waals surface area contributed by atoms with Crippen molar-refractivity contribution in [3.05, 3.63) is 12.7 Å². The van der Waals surface area contributed by atoms with Gasteiger partial charge < -0.3 is 54.6 Å². The fraction of sp³-hybridized carbons (Fsp3) is 0.736. The molecule has 0 aromatic rings. The first kappa shape index (κ1) is 52.7. The minimum absolute atomic E-state index is 0.0560. The van der Waals surface area contributed by atoms with E-state index in [1.165, 1.54) is 6.08 Å². The number of likely N-dealkylation sites (tertiary alicyclic amines) is 8. The lowest BCUT2D eigenvalue weighted by Gasteiger charge is -2.37. The Morgan fingerprint density at radius 1 is 0.446 bits per heavy atom. The van der Waals surface area contributed by atoms with E-state index < -0.39 is 54.4 Å². The van der Waals surface area contributed by atoms with Crippen LogP contribution in [0.2, 0.25) is 0 Å². The van der Waals surface area contributed by atoms with Gasteiger partial charge in [0.2, 0.25) is 53.2 Å². The van der Waals surface area contributed by atoms with E-state index >= 15 is 0 Å². The largest absolute Gasteiger partial charge is 0.445 e. The molecule has 21 heteroatoms. The first-order valence-electron chi connectivity index (χ1n) is 27.5. The Bertz CT molecular complexity index is 2290. The molecule has 8 saturated heterocycles. The molecule has 9 fully saturated rings. The maximum Gasteiger partial charge on any atom is 0.407 e. The van der Waals surface area contributed by atoms with Crippen LogP contribution in [0.15, 0.2) is 12.7 Å². The average molecular weight is 1030 g/mol. The first-order valence-corrected chi connectivity index (χ1v) is 27.5. The van der Waals surface area contributed by atoms with Crippen LogP contribution in [-0.2, 0) is 47.9 Å². The van der Waals surface area contributed by atoms with Crippen molar-refractivity contribution in [3.8, 4) is 12.3 Å². The maximum absolute atomic E-state index is 14.7. The number of terminal acetylenes is 1. The molecule has 8 heterocycles. The van der Waals surface area contributed by atoms with Gasteiger partial charge in [-0.15, -0.1) is 6.42 Å². The SMILES string of the molecule is C#CCNC(=O)[C@@H]1CCCN1C(=O)[C@@H]1CCCN1C(=O)[C@@H]1CCCN1C(=O)[C@@H]1CCCN1C(=O)[C@@H]1CCCN1C(=O)[C@@H]1CCCN1C(=O)[C@@H]1CCCN1C(=O)[C@@H]1CCCN1C(=O)[C@H]1CC[C@H](NC(=O)OCC=C)C1. The van der Waals surface area contributed by atoms with E-state index in [2.05, 4.69) is 23.1 Å². The number of carbonyl (C=O) groups excluding carboxylic acids is 10. The van der Waals surface area contributed by atoms with E-state index in [1.807, 2.05) is 0 Å². The molecule has 9 aliphatic rings. The number of nitrogens with zero attached hydrogens (tertiary/aromatic N) is 8. The molecule has 2 N–H and O–H groups in total. The maximum atomic E-state index is 14.7. The molecular formula is C53H74N10O11. The lowest BCUT2D eigenvalue weighted by Crippen LogP contribution is -2.59. The fourth-order valence-electron chi connectivity index (χ4n) is 13.8. The van der Waals surface area contributed by atoms with Crippen molar-refractivity contribution in [3.63, 3.8) is 0 Å². The van der Waals surface area contributed by atoms with Gasteiger partial charge in [-0.1, -0.05) is 18.6 Å². The summed E-state index contributed by atoms with van der Waals surface area (Å²) in [5.41, 5.74) is 0. The van der Waals surface area contributed by atoms with Gasteiger partial charge in [-0.3, -0.25) is 43.2 Å².